The highest BCUT2D eigenvalue weighted by Gasteiger charge is 2.46. The van der Waals surface area contributed by atoms with Gasteiger partial charge in [-0.05, 0) is 24.6 Å². The maximum atomic E-state index is 12.9. The maximum Gasteiger partial charge on any atom is 0.337 e. The summed E-state index contributed by atoms with van der Waals surface area (Å²) in [5.41, 5.74) is 1.21. The highest BCUT2D eigenvalue weighted by molar-refractivity contribution is 5.90. The molecule has 0 amide bonds. The van der Waals surface area contributed by atoms with Gasteiger partial charge in [0.2, 0.25) is 6.29 Å². The second-order valence-corrected chi connectivity index (χ2v) is 8.55. The number of aliphatic hydroxyl groups is 4. The lowest BCUT2D eigenvalue weighted by atomic mass is 9.86. The van der Waals surface area contributed by atoms with Crippen molar-refractivity contribution in [2.24, 2.45) is 5.92 Å². The number of ether oxygens (including phenoxy) is 5. The number of benzene rings is 1. The second-order valence-electron chi connectivity index (χ2n) is 8.55. The van der Waals surface area contributed by atoms with Gasteiger partial charge in [-0.2, -0.15) is 0 Å². The SMILES string of the molecule is C/C=C1/[C@H](O[C@@H]2O[C@H](CO)[C@@H](O)[C@H](O)[C@@H]2O)OC=C(C(=O)OCCc2ccc(O)cc2)[C@H]1CC(=O)OC. The van der Waals surface area contributed by atoms with Gasteiger partial charge >= 0.3 is 11.9 Å². The average molecular weight is 525 g/mol. The molecule has 7 atom stereocenters. The van der Waals surface area contributed by atoms with E-state index in [0.29, 0.717) is 12.0 Å². The molecule has 2 aliphatic heterocycles. The first-order chi connectivity index (χ1) is 17.7. The van der Waals surface area contributed by atoms with E-state index in [9.17, 15) is 35.1 Å². The van der Waals surface area contributed by atoms with Crippen LogP contribution in [-0.4, -0.2) is 94.8 Å². The number of allylic oxidation sites excluding steroid dienone is 1. The molecular weight excluding hydrogens is 492 g/mol. The van der Waals surface area contributed by atoms with Crippen LogP contribution in [0.1, 0.15) is 18.9 Å². The number of aliphatic hydroxyl groups excluding tert-OH is 4. The summed E-state index contributed by atoms with van der Waals surface area (Å²) in [4.78, 5) is 25.1. The summed E-state index contributed by atoms with van der Waals surface area (Å²) in [5, 5.41) is 49.1. The fraction of sp³-hybridized carbons (Fsp3) is 0.520. The van der Waals surface area contributed by atoms with Gasteiger partial charge in [0.15, 0.2) is 6.29 Å². The first kappa shape index (κ1) is 28.6. The molecule has 0 bridgehead atoms. The normalized spacial score (nSPS) is 30.8. The summed E-state index contributed by atoms with van der Waals surface area (Å²) < 4.78 is 26.8. The van der Waals surface area contributed by atoms with Gasteiger partial charge in [0.25, 0.3) is 0 Å². The Morgan fingerprint density at radius 2 is 1.78 bits per heavy atom. The van der Waals surface area contributed by atoms with E-state index in [4.69, 9.17) is 23.7 Å². The van der Waals surface area contributed by atoms with Crippen molar-refractivity contribution in [2.75, 3.05) is 20.3 Å². The third-order valence-electron chi connectivity index (χ3n) is 6.20. The Morgan fingerprint density at radius 1 is 1.08 bits per heavy atom. The lowest BCUT2D eigenvalue weighted by molar-refractivity contribution is -0.327. The van der Waals surface area contributed by atoms with Crippen LogP contribution in [0.25, 0.3) is 0 Å². The van der Waals surface area contributed by atoms with Gasteiger partial charge in [0.05, 0.1) is 38.6 Å². The molecule has 0 aromatic heterocycles. The molecular formula is C25H32O12. The van der Waals surface area contributed by atoms with Crippen molar-refractivity contribution in [2.45, 2.75) is 56.8 Å². The summed E-state index contributed by atoms with van der Waals surface area (Å²) >= 11 is 0. The summed E-state index contributed by atoms with van der Waals surface area (Å²) in [6.45, 7) is 1.02. The zero-order chi connectivity index (χ0) is 27.1. The smallest absolute Gasteiger partial charge is 0.337 e. The Kier molecular flexibility index (Phi) is 10.0. The Labute approximate surface area is 213 Å². The minimum absolute atomic E-state index is 0.0296. The molecule has 0 radical (unpaired) electrons. The molecule has 37 heavy (non-hydrogen) atoms. The molecule has 1 fully saturated rings. The summed E-state index contributed by atoms with van der Waals surface area (Å²) in [5.74, 6) is -2.07. The van der Waals surface area contributed by atoms with Crippen molar-refractivity contribution in [1.29, 1.82) is 0 Å². The predicted octanol–water partition coefficient (Wildman–Crippen LogP) is -0.340. The number of esters is 2. The van der Waals surface area contributed by atoms with E-state index < -0.39 is 61.5 Å². The van der Waals surface area contributed by atoms with Crippen LogP contribution in [0, 0.1) is 5.92 Å². The molecule has 0 saturated carbocycles. The van der Waals surface area contributed by atoms with Crippen LogP contribution >= 0.6 is 0 Å². The molecule has 5 N–H and O–H groups in total. The van der Waals surface area contributed by atoms with Gasteiger partial charge in [-0.3, -0.25) is 4.79 Å². The summed E-state index contributed by atoms with van der Waals surface area (Å²) in [6, 6.07) is 6.44. The topological polar surface area (TPSA) is 181 Å². The number of hydrogen-bond acceptors (Lipinski definition) is 12. The van der Waals surface area contributed by atoms with E-state index >= 15 is 0 Å². The van der Waals surface area contributed by atoms with Gasteiger partial charge in [-0.15, -0.1) is 0 Å². The lowest BCUT2D eigenvalue weighted by Crippen LogP contribution is -2.60. The van der Waals surface area contributed by atoms with Crippen LogP contribution in [0.3, 0.4) is 0 Å². The zero-order valence-corrected chi connectivity index (χ0v) is 20.4. The van der Waals surface area contributed by atoms with Crippen LogP contribution in [0.5, 0.6) is 5.75 Å². The van der Waals surface area contributed by atoms with E-state index in [2.05, 4.69) is 0 Å². The number of carbonyl (C=O) groups is 2. The van der Waals surface area contributed by atoms with Crippen LogP contribution in [-0.2, 0) is 39.7 Å². The van der Waals surface area contributed by atoms with Crippen molar-refractivity contribution in [3.8, 4) is 5.75 Å². The number of methoxy groups -OCH3 is 1. The minimum atomic E-state index is -1.67. The molecule has 0 unspecified atom stereocenters. The molecule has 2 heterocycles. The first-order valence-electron chi connectivity index (χ1n) is 11.7. The van der Waals surface area contributed by atoms with E-state index in [-0.39, 0.29) is 24.4 Å². The zero-order valence-electron chi connectivity index (χ0n) is 20.4. The van der Waals surface area contributed by atoms with Crippen LogP contribution < -0.4 is 0 Å². The first-order valence-corrected chi connectivity index (χ1v) is 11.7. The molecule has 12 heteroatoms. The largest absolute Gasteiger partial charge is 0.508 e. The van der Waals surface area contributed by atoms with Crippen molar-refractivity contribution in [3.05, 3.63) is 53.3 Å². The molecule has 204 valence electrons. The molecule has 1 saturated heterocycles. The van der Waals surface area contributed by atoms with Crippen LogP contribution in [0.2, 0.25) is 0 Å². The highest BCUT2D eigenvalue weighted by Crippen LogP contribution is 2.36. The lowest BCUT2D eigenvalue weighted by Gasteiger charge is -2.41. The van der Waals surface area contributed by atoms with Gasteiger partial charge in [-0.25, -0.2) is 4.79 Å². The quantitative estimate of drug-likeness (QED) is 0.210. The van der Waals surface area contributed by atoms with Gasteiger partial charge in [-0.1, -0.05) is 18.2 Å². The predicted molar refractivity (Wildman–Crippen MR) is 124 cm³/mol. The number of phenols is 1. The Bertz CT molecular complexity index is 986. The highest BCUT2D eigenvalue weighted by atomic mass is 16.8. The molecule has 1 aromatic carbocycles. The molecule has 3 rings (SSSR count). The molecule has 2 aliphatic rings. The van der Waals surface area contributed by atoms with Crippen molar-refractivity contribution < 1.29 is 58.8 Å². The molecule has 12 nitrogen and oxygen atoms in total. The average Bonchev–Trinajstić information content (AvgIpc) is 2.90. The number of aromatic hydroxyl groups is 1. The fourth-order valence-corrected chi connectivity index (χ4v) is 4.06. The Hall–Kier alpha value is -3.00. The number of hydrogen-bond donors (Lipinski definition) is 5. The van der Waals surface area contributed by atoms with Crippen LogP contribution in [0.15, 0.2) is 47.7 Å². The maximum absolute atomic E-state index is 12.9. The molecule has 0 spiro atoms. The number of phenolic OH excluding ortho intramolecular Hbond substituents is 1. The van der Waals surface area contributed by atoms with E-state index in [1.807, 2.05) is 0 Å². The molecule has 1 aromatic rings. The van der Waals surface area contributed by atoms with Gasteiger partial charge < -0.3 is 49.2 Å². The van der Waals surface area contributed by atoms with E-state index in [1.54, 1.807) is 25.1 Å². The van der Waals surface area contributed by atoms with Gasteiger partial charge in [0.1, 0.15) is 30.2 Å². The van der Waals surface area contributed by atoms with Crippen molar-refractivity contribution >= 4 is 11.9 Å². The third-order valence-corrected chi connectivity index (χ3v) is 6.20. The second kappa shape index (κ2) is 13.0. The minimum Gasteiger partial charge on any atom is -0.508 e. The number of carbonyl (C=O) groups excluding carboxylic acids is 2. The third kappa shape index (κ3) is 6.86. The summed E-state index contributed by atoms with van der Waals surface area (Å²) in [6.07, 6.45) is -6.02. The molecule has 0 aliphatic carbocycles. The Morgan fingerprint density at radius 3 is 2.41 bits per heavy atom. The monoisotopic (exact) mass is 524 g/mol. The Balaban J connectivity index is 1.75. The van der Waals surface area contributed by atoms with E-state index in [1.165, 1.54) is 19.2 Å². The fourth-order valence-electron chi connectivity index (χ4n) is 4.06. The van der Waals surface area contributed by atoms with Crippen LogP contribution in [0.4, 0.5) is 0 Å². The standard InChI is InChI=1S/C25H32O12/c1-3-15-16(10-19(28)33-2)17(23(32)34-9-8-13-4-6-14(27)7-5-13)12-35-24(15)37-25-22(31)21(30)20(29)18(11-26)36-25/h3-7,12,16,18,20-22,24-27,29-31H,8-11H2,1-2H3/b15-3+/t16-,18+,20+,21-,22-,24-,25-/m0/s1. The van der Waals surface area contributed by atoms with E-state index in [0.717, 1.165) is 11.8 Å². The number of rotatable bonds is 9. The summed E-state index contributed by atoms with van der Waals surface area (Å²) in [7, 11) is 1.21. The van der Waals surface area contributed by atoms with Gasteiger partial charge in [0, 0.05) is 17.9 Å². The van der Waals surface area contributed by atoms with Crippen molar-refractivity contribution in [3.63, 3.8) is 0 Å². The van der Waals surface area contributed by atoms with Crippen molar-refractivity contribution in [1.82, 2.24) is 0 Å².